The van der Waals surface area contributed by atoms with Gasteiger partial charge in [-0.2, -0.15) is 0 Å². The van der Waals surface area contributed by atoms with Crippen LogP contribution in [-0.2, 0) is 14.8 Å². The van der Waals surface area contributed by atoms with E-state index in [2.05, 4.69) is 5.32 Å². The zero-order chi connectivity index (χ0) is 26.4. The smallest absolute Gasteiger partial charge is 0.264 e. The number of aryl methyl sites for hydroxylation is 1. The predicted molar refractivity (Wildman–Crippen MR) is 145 cm³/mol. The van der Waals surface area contributed by atoms with Crippen molar-refractivity contribution in [2.45, 2.75) is 11.8 Å². The van der Waals surface area contributed by atoms with Gasteiger partial charge in [0.05, 0.1) is 23.4 Å². The summed E-state index contributed by atoms with van der Waals surface area (Å²) in [5.41, 5.74) is 1.35. The number of para-hydroxylation sites is 1. The third-order valence-electron chi connectivity index (χ3n) is 5.41. The van der Waals surface area contributed by atoms with Crippen molar-refractivity contribution in [3.05, 3.63) is 108 Å². The standard InChI is InChI=1S/C28H25ClN2O5S/c1-20-13-15-27(35-2)25(17-20)31(37(33,34)23-11-7-4-8-12-23)19-28(32)30-24-18-21(29)14-16-26(24)36-22-9-5-3-6-10-22/h3-18H,19H2,1-2H3,(H,30,32). The minimum Gasteiger partial charge on any atom is -0.495 e. The molecule has 1 N–H and O–H groups in total. The highest BCUT2D eigenvalue weighted by atomic mass is 35.5. The molecule has 0 saturated heterocycles. The SMILES string of the molecule is COc1ccc(C)cc1N(CC(=O)Nc1cc(Cl)ccc1Oc1ccccc1)S(=O)(=O)c1ccccc1. The molecule has 190 valence electrons. The molecule has 0 bridgehead atoms. The Hall–Kier alpha value is -4.01. The Balaban J connectivity index is 1.69. The maximum absolute atomic E-state index is 13.7. The minimum absolute atomic E-state index is 0.0437. The van der Waals surface area contributed by atoms with Gasteiger partial charge in [0.2, 0.25) is 5.91 Å². The van der Waals surface area contributed by atoms with Crippen molar-refractivity contribution in [3.8, 4) is 17.2 Å². The normalized spacial score (nSPS) is 11.0. The van der Waals surface area contributed by atoms with Gasteiger partial charge in [0.1, 0.15) is 18.0 Å². The van der Waals surface area contributed by atoms with Crippen molar-refractivity contribution in [1.82, 2.24) is 0 Å². The molecule has 4 rings (SSSR count). The third kappa shape index (κ3) is 6.22. The molecule has 0 unspecified atom stereocenters. The van der Waals surface area contributed by atoms with Crippen molar-refractivity contribution in [2.24, 2.45) is 0 Å². The highest BCUT2D eigenvalue weighted by Gasteiger charge is 2.30. The first-order valence-electron chi connectivity index (χ1n) is 11.3. The van der Waals surface area contributed by atoms with Gasteiger partial charge in [-0.3, -0.25) is 9.10 Å². The Morgan fingerprint density at radius 1 is 0.892 bits per heavy atom. The summed E-state index contributed by atoms with van der Waals surface area (Å²) in [5.74, 6) is 0.643. The highest BCUT2D eigenvalue weighted by molar-refractivity contribution is 7.92. The Morgan fingerprint density at radius 3 is 2.22 bits per heavy atom. The molecule has 1 amide bonds. The number of benzene rings is 4. The van der Waals surface area contributed by atoms with Crippen LogP contribution in [0.4, 0.5) is 11.4 Å². The molecule has 4 aromatic carbocycles. The van der Waals surface area contributed by atoms with Crippen LogP contribution in [-0.4, -0.2) is 28.0 Å². The Labute approximate surface area is 221 Å². The zero-order valence-corrected chi connectivity index (χ0v) is 21.8. The van der Waals surface area contributed by atoms with Crippen LogP contribution in [0, 0.1) is 6.92 Å². The number of nitrogens with one attached hydrogen (secondary N) is 1. The second kappa shape index (κ2) is 11.4. The van der Waals surface area contributed by atoms with E-state index >= 15 is 0 Å². The molecule has 0 atom stereocenters. The van der Waals surface area contributed by atoms with Crippen molar-refractivity contribution in [1.29, 1.82) is 0 Å². The Kier molecular flexibility index (Phi) is 8.01. The molecular formula is C28H25ClN2O5S. The van der Waals surface area contributed by atoms with E-state index in [1.165, 1.54) is 19.2 Å². The first-order valence-corrected chi connectivity index (χ1v) is 13.1. The van der Waals surface area contributed by atoms with Gasteiger partial charge in [0.25, 0.3) is 10.0 Å². The predicted octanol–water partition coefficient (Wildman–Crippen LogP) is 6.28. The summed E-state index contributed by atoms with van der Waals surface area (Å²) in [6.45, 7) is 1.31. The van der Waals surface area contributed by atoms with Crippen LogP contribution in [0.15, 0.2) is 102 Å². The number of halogens is 1. The van der Waals surface area contributed by atoms with Crippen LogP contribution in [0.3, 0.4) is 0 Å². The van der Waals surface area contributed by atoms with E-state index in [1.807, 2.05) is 25.1 Å². The molecule has 0 saturated carbocycles. The fourth-order valence-corrected chi connectivity index (χ4v) is 5.26. The molecule has 9 heteroatoms. The molecule has 4 aromatic rings. The number of carbonyl (C=O) groups is 1. The summed E-state index contributed by atoms with van der Waals surface area (Å²) in [4.78, 5) is 13.4. The molecule has 0 fully saturated rings. The monoisotopic (exact) mass is 536 g/mol. The molecule has 0 aromatic heterocycles. The van der Waals surface area contributed by atoms with Gasteiger partial charge in [0, 0.05) is 5.02 Å². The second-order valence-electron chi connectivity index (χ2n) is 8.10. The maximum atomic E-state index is 13.7. The number of methoxy groups -OCH3 is 1. The Bertz CT molecular complexity index is 1500. The van der Waals surface area contributed by atoms with E-state index in [0.717, 1.165) is 9.87 Å². The zero-order valence-electron chi connectivity index (χ0n) is 20.2. The number of ether oxygens (including phenoxy) is 2. The quantitative estimate of drug-likeness (QED) is 0.272. The number of hydrogen-bond acceptors (Lipinski definition) is 5. The average Bonchev–Trinajstić information content (AvgIpc) is 2.90. The number of amides is 1. The molecule has 0 spiro atoms. The Morgan fingerprint density at radius 2 is 1.54 bits per heavy atom. The summed E-state index contributed by atoms with van der Waals surface area (Å²) in [6, 6.07) is 26.9. The van der Waals surface area contributed by atoms with Crippen LogP contribution in [0.25, 0.3) is 0 Å². The van der Waals surface area contributed by atoms with Gasteiger partial charge in [-0.15, -0.1) is 0 Å². The molecule has 7 nitrogen and oxygen atoms in total. The number of rotatable bonds is 9. The van der Waals surface area contributed by atoms with Gasteiger partial charge >= 0.3 is 0 Å². The molecular weight excluding hydrogens is 512 g/mol. The van der Waals surface area contributed by atoms with Crippen LogP contribution >= 0.6 is 11.6 Å². The molecule has 0 aliphatic carbocycles. The number of carbonyl (C=O) groups excluding carboxylic acids is 1. The summed E-state index contributed by atoms with van der Waals surface area (Å²) >= 11 is 6.18. The lowest BCUT2D eigenvalue weighted by atomic mass is 10.2. The summed E-state index contributed by atoms with van der Waals surface area (Å²) < 4.78 is 39.8. The van der Waals surface area contributed by atoms with Gasteiger partial charge in [-0.25, -0.2) is 8.42 Å². The molecule has 37 heavy (non-hydrogen) atoms. The van der Waals surface area contributed by atoms with Crippen molar-refractivity contribution >= 4 is 38.9 Å². The molecule has 0 aliphatic rings. The van der Waals surface area contributed by atoms with E-state index < -0.39 is 22.5 Å². The first kappa shape index (κ1) is 26.1. The van der Waals surface area contributed by atoms with Crippen LogP contribution < -0.4 is 19.1 Å². The van der Waals surface area contributed by atoms with Gasteiger partial charge in [0.15, 0.2) is 5.75 Å². The van der Waals surface area contributed by atoms with Gasteiger partial charge in [-0.1, -0.05) is 54.1 Å². The van der Waals surface area contributed by atoms with E-state index in [1.54, 1.807) is 66.7 Å². The van der Waals surface area contributed by atoms with E-state index in [0.29, 0.717) is 28.0 Å². The summed E-state index contributed by atoms with van der Waals surface area (Å²) in [7, 11) is -2.68. The minimum atomic E-state index is -4.12. The lowest BCUT2D eigenvalue weighted by Crippen LogP contribution is -2.38. The molecule has 0 radical (unpaired) electrons. The molecule has 0 aliphatic heterocycles. The van der Waals surface area contributed by atoms with E-state index in [4.69, 9.17) is 21.1 Å². The average molecular weight is 537 g/mol. The van der Waals surface area contributed by atoms with Crippen molar-refractivity contribution in [2.75, 3.05) is 23.3 Å². The van der Waals surface area contributed by atoms with Crippen LogP contribution in [0.2, 0.25) is 5.02 Å². The lowest BCUT2D eigenvalue weighted by molar-refractivity contribution is -0.114. The molecule has 0 heterocycles. The van der Waals surface area contributed by atoms with Crippen molar-refractivity contribution < 1.29 is 22.7 Å². The number of anilines is 2. The number of nitrogens with zero attached hydrogens (tertiary/aromatic N) is 1. The highest BCUT2D eigenvalue weighted by Crippen LogP contribution is 2.35. The number of hydrogen-bond donors (Lipinski definition) is 1. The largest absolute Gasteiger partial charge is 0.495 e. The van der Waals surface area contributed by atoms with E-state index in [-0.39, 0.29) is 10.6 Å². The first-order chi connectivity index (χ1) is 17.8. The van der Waals surface area contributed by atoms with Gasteiger partial charge < -0.3 is 14.8 Å². The van der Waals surface area contributed by atoms with Gasteiger partial charge in [-0.05, 0) is 67.1 Å². The van der Waals surface area contributed by atoms with Crippen LogP contribution in [0.1, 0.15) is 5.56 Å². The topological polar surface area (TPSA) is 84.9 Å². The number of sulfonamides is 1. The summed E-state index contributed by atoms with van der Waals surface area (Å²) in [6.07, 6.45) is 0. The maximum Gasteiger partial charge on any atom is 0.264 e. The fourth-order valence-electron chi connectivity index (χ4n) is 3.64. The van der Waals surface area contributed by atoms with Crippen molar-refractivity contribution in [3.63, 3.8) is 0 Å². The summed E-state index contributed by atoms with van der Waals surface area (Å²) in [5, 5.41) is 3.13. The fraction of sp³-hybridized carbons (Fsp3) is 0.107. The van der Waals surface area contributed by atoms with E-state index in [9.17, 15) is 13.2 Å². The van der Waals surface area contributed by atoms with Crippen LogP contribution in [0.5, 0.6) is 17.2 Å². The lowest BCUT2D eigenvalue weighted by Gasteiger charge is -2.26. The second-order valence-corrected chi connectivity index (χ2v) is 10.4. The third-order valence-corrected chi connectivity index (χ3v) is 7.42.